The van der Waals surface area contributed by atoms with Crippen molar-refractivity contribution in [3.8, 4) is 0 Å². The van der Waals surface area contributed by atoms with E-state index in [0.29, 0.717) is 24.5 Å². The van der Waals surface area contributed by atoms with Gasteiger partial charge in [-0.25, -0.2) is 4.99 Å². The number of likely N-dealkylation sites (N-methyl/N-ethyl adjacent to an activating group) is 1. The van der Waals surface area contributed by atoms with Gasteiger partial charge in [0.25, 0.3) is 0 Å². The standard InChI is InChI=1S/C19H34N6O.HI/c1-13-9-7-8-10-17(13)22-19(21-12-18(26)24(4)5)20-11-16-14(2)23-25(6)15(16)3;/h13,17H,7-12H2,1-6H3,(H2,20,21,22);1H. The number of guanidine groups is 1. The van der Waals surface area contributed by atoms with Crippen molar-refractivity contribution in [2.24, 2.45) is 18.0 Å². The highest BCUT2D eigenvalue weighted by molar-refractivity contribution is 14.0. The van der Waals surface area contributed by atoms with Crippen molar-refractivity contribution in [1.29, 1.82) is 0 Å². The van der Waals surface area contributed by atoms with E-state index in [1.54, 1.807) is 19.0 Å². The molecule has 1 aliphatic carbocycles. The lowest BCUT2D eigenvalue weighted by Crippen LogP contribution is -2.49. The molecule has 1 fully saturated rings. The van der Waals surface area contributed by atoms with Crippen LogP contribution in [-0.2, 0) is 18.4 Å². The van der Waals surface area contributed by atoms with Gasteiger partial charge in [-0.3, -0.25) is 9.48 Å². The van der Waals surface area contributed by atoms with Crippen molar-refractivity contribution in [2.75, 3.05) is 20.6 Å². The Morgan fingerprint density at radius 2 is 1.96 bits per heavy atom. The molecule has 0 spiro atoms. The van der Waals surface area contributed by atoms with Crippen LogP contribution in [0.5, 0.6) is 0 Å². The highest BCUT2D eigenvalue weighted by Crippen LogP contribution is 2.23. The third kappa shape index (κ3) is 6.65. The molecule has 0 saturated heterocycles. The molecule has 2 atom stereocenters. The SMILES string of the molecule is Cc1nn(C)c(C)c1CN=C(NCC(=O)N(C)C)NC1CCCCC1C.I. The van der Waals surface area contributed by atoms with Crippen molar-refractivity contribution >= 4 is 35.8 Å². The Bertz CT molecular complexity index is 655. The number of hydrogen-bond donors (Lipinski definition) is 2. The van der Waals surface area contributed by atoms with Crippen molar-refractivity contribution in [2.45, 2.75) is 59.0 Å². The van der Waals surface area contributed by atoms with Crippen LogP contribution in [0.4, 0.5) is 0 Å². The molecule has 7 nitrogen and oxygen atoms in total. The van der Waals surface area contributed by atoms with Crippen molar-refractivity contribution < 1.29 is 4.79 Å². The molecule has 2 unspecified atom stereocenters. The predicted octanol–water partition coefficient (Wildman–Crippen LogP) is 2.36. The lowest BCUT2D eigenvalue weighted by atomic mass is 9.86. The first-order valence-electron chi connectivity index (χ1n) is 9.53. The van der Waals surface area contributed by atoms with E-state index in [9.17, 15) is 4.79 Å². The molecule has 0 aromatic carbocycles. The van der Waals surface area contributed by atoms with E-state index in [0.717, 1.165) is 23.4 Å². The molecule has 27 heavy (non-hydrogen) atoms. The summed E-state index contributed by atoms with van der Waals surface area (Å²) in [7, 11) is 5.48. The van der Waals surface area contributed by atoms with Crippen LogP contribution in [-0.4, -0.2) is 53.2 Å². The number of aliphatic imine (C=N–C) groups is 1. The molecular weight excluding hydrogens is 455 g/mol. The fourth-order valence-electron chi connectivity index (χ4n) is 3.38. The Labute approximate surface area is 180 Å². The van der Waals surface area contributed by atoms with E-state index in [1.165, 1.54) is 19.3 Å². The second-order valence-electron chi connectivity index (χ2n) is 7.59. The Morgan fingerprint density at radius 3 is 2.52 bits per heavy atom. The fraction of sp³-hybridized carbons (Fsp3) is 0.737. The van der Waals surface area contributed by atoms with Gasteiger partial charge in [0.15, 0.2) is 5.96 Å². The first-order valence-corrected chi connectivity index (χ1v) is 9.53. The minimum Gasteiger partial charge on any atom is -0.353 e. The van der Waals surface area contributed by atoms with Crippen LogP contribution >= 0.6 is 24.0 Å². The summed E-state index contributed by atoms with van der Waals surface area (Å²) in [5.74, 6) is 1.36. The molecule has 154 valence electrons. The number of nitrogens with zero attached hydrogens (tertiary/aromatic N) is 4. The summed E-state index contributed by atoms with van der Waals surface area (Å²) in [5.41, 5.74) is 3.27. The van der Waals surface area contributed by atoms with E-state index in [2.05, 4.69) is 29.6 Å². The Kier molecular flexibility index (Phi) is 9.55. The number of aromatic nitrogens is 2. The zero-order valence-electron chi connectivity index (χ0n) is 17.5. The van der Waals surface area contributed by atoms with E-state index >= 15 is 0 Å². The largest absolute Gasteiger partial charge is 0.353 e. The average molecular weight is 490 g/mol. The summed E-state index contributed by atoms with van der Waals surface area (Å²) in [6.45, 7) is 7.15. The van der Waals surface area contributed by atoms with Crippen LogP contribution < -0.4 is 10.6 Å². The van der Waals surface area contributed by atoms with Crippen molar-refractivity contribution in [1.82, 2.24) is 25.3 Å². The molecule has 0 radical (unpaired) electrons. The maximum absolute atomic E-state index is 12.0. The molecule has 8 heteroatoms. The van der Waals surface area contributed by atoms with Gasteiger partial charge in [0, 0.05) is 38.4 Å². The zero-order chi connectivity index (χ0) is 19.3. The van der Waals surface area contributed by atoms with Gasteiger partial charge in [-0.2, -0.15) is 5.10 Å². The zero-order valence-corrected chi connectivity index (χ0v) is 19.8. The minimum absolute atomic E-state index is 0. The number of hydrogen-bond acceptors (Lipinski definition) is 3. The van der Waals surface area contributed by atoms with E-state index in [1.807, 2.05) is 18.7 Å². The summed E-state index contributed by atoms with van der Waals surface area (Å²) >= 11 is 0. The van der Waals surface area contributed by atoms with Gasteiger partial charge in [-0.1, -0.05) is 19.8 Å². The van der Waals surface area contributed by atoms with Crippen LogP contribution in [0, 0.1) is 19.8 Å². The normalized spacial score (nSPS) is 20.0. The van der Waals surface area contributed by atoms with Crippen molar-refractivity contribution in [3.63, 3.8) is 0 Å². The lowest BCUT2D eigenvalue weighted by molar-refractivity contribution is -0.127. The first kappa shape index (κ1) is 23.7. The number of aryl methyl sites for hydroxylation is 2. The molecular formula is C19H35IN6O. The van der Waals surface area contributed by atoms with E-state index in [4.69, 9.17) is 4.99 Å². The van der Waals surface area contributed by atoms with Gasteiger partial charge in [-0.15, -0.1) is 24.0 Å². The third-order valence-electron chi connectivity index (χ3n) is 5.39. The van der Waals surface area contributed by atoms with Gasteiger partial charge in [0.05, 0.1) is 18.8 Å². The van der Waals surface area contributed by atoms with Crippen LogP contribution in [0.2, 0.25) is 0 Å². The molecule has 1 aliphatic rings. The minimum atomic E-state index is 0. The number of rotatable bonds is 5. The predicted molar refractivity (Wildman–Crippen MR) is 120 cm³/mol. The van der Waals surface area contributed by atoms with Crippen LogP contribution in [0.15, 0.2) is 4.99 Å². The summed E-state index contributed by atoms with van der Waals surface area (Å²) in [5, 5.41) is 11.2. The monoisotopic (exact) mass is 490 g/mol. The summed E-state index contributed by atoms with van der Waals surface area (Å²) in [6, 6.07) is 0.403. The summed E-state index contributed by atoms with van der Waals surface area (Å²) in [6.07, 6.45) is 4.93. The highest BCUT2D eigenvalue weighted by atomic mass is 127. The average Bonchev–Trinajstić information content (AvgIpc) is 2.84. The second-order valence-corrected chi connectivity index (χ2v) is 7.59. The molecule has 0 aliphatic heterocycles. The maximum atomic E-state index is 12.0. The smallest absolute Gasteiger partial charge is 0.241 e. The molecule has 2 N–H and O–H groups in total. The molecule has 0 bridgehead atoms. The second kappa shape index (κ2) is 10.9. The van der Waals surface area contributed by atoms with Crippen LogP contribution in [0.25, 0.3) is 0 Å². The van der Waals surface area contributed by atoms with Crippen LogP contribution in [0.1, 0.15) is 49.6 Å². The van der Waals surface area contributed by atoms with E-state index in [-0.39, 0.29) is 36.4 Å². The Morgan fingerprint density at radius 1 is 1.30 bits per heavy atom. The molecule has 2 rings (SSSR count). The topological polar surface area (TPSA) is 74.5 Å². The Hall–Kier alpha value is -1.32. The van der Waals surface area contributed by atoms with Gasteiger partial charge >= 0.3 is 0 Å². The van der Waals surface area contributed by atoms with Crippen LogP contribution in [0.3, 0.4) is 0 Å². The van der Waals surface area contributed by atoms with Gasteiger partial charge in [0.2, 0.25) is 5.91 Å². The number of nitrogens with one attached hydrogen (secondary N) is 2. The molecule has 1 aromatic heterocycles. The highest BCUT2D eigenvalue weighted by Gasteiger charge is 2.22. The van der Waals surface area contributed by atoms with Gasteiger partial charge < -0.3 is 15.5 Å². The number of carbonyl (C=O) groups is 1. The van der Waals surface area contributed by atoms with Crippen molar-refractivity contribution in [3.05, 3.63) is 17.0 Å². The summed E-state index contributed by atoms with van der Waals surface area (Å²) in [4.78, 5) is 18.3. The molecule has 1 amide bonds. The quantitative estimate of drug-likeness (QED) is 0.378. The third-order valence-corrected chi connectivity index (χ3v) is 5.39. The molecule has 1 aromatic rings. The first-order chi connectivity index (χ1) is 12.3. The number of amides is 1. The maximum Gasteiger partial charge on any atom is 0.241 e. The molecule has 1 heterocycles. The van der Waals surface area contributed by atoms with Gasteiger partial charge in [-0.05, 0) is 32.6 Å². The number of carbonyl (C=O) groups excluding carboxylic acids is 1. The Balaban J connectivity index is 0.00000364. The molecule has 1 saturated carbocycles. The van der Waals surface area contributed by atoms with E-state index < -0.39 is 0 Å². The fourth-order valence-corrected chi connectivity index (χ4v) is 3.38. The van der Waals surface area contributed by atoms with Gasteiger partial charge in [0.1, 0.15) is 0 Å². The lowest BCUT2D eigenvalue weighted by Gasteiger charge is -2.31. The number of halogens is 1. The summed E-state index contributed by atoms with van der Waals surface area (Å²) < 4.78 is 1.89.